The van der Waals surface area contributed by atoms with E-state index in [0.29, 0.717) is 0 Å². The number of benzene rings is 1. The summed E-state index contributed by atoms with van der Waals surface area (Å²) in [7, 11) is 2.34. The van der Waals surface area contributed by atoms with Crippen molar-refractivity contribution in [2.75, 3.05) is 13.6 Å². The molecule has 21 heavy (non-hydrogen) atoms. The van der Waals surface area contributed by atoms with Crippen LogP contribution in [0.1, 0.15) is 62.8 Å². The first-order valence-electron chi connectivity index (χ1n) is 8.73. The molecule has 2 aliphatic rings. The fraction of sp³-hybridized carbons (Fsp3) is 0.684. The van der Waals surface area contributed by atoms with Crippen LogP contribution >= 0.6 is 0 Å². The zero-order chi connectivity index (χ0) is 14.7. The van der Waals surface area contributed by atoms with Gasteiger partial charge in [-0.1, -0.05) is 43.2 Å². The van der Waals surface area contributed by atoms with Gasteiger partial charge in [-0.2, -0.15) is 0 Å². The number of rotatable bonds is 4. The molecular formula is C19H30N2. The smallest absolute Gasteiger partial charge is 0.0332 e. The van der Waals surface area contributed by atoms with Crippen LogP contribution in [0, 0.1) is 0 Å². The normalized spacial score (nSPS) is 30.9. The predicted molar refractivity (Wildman–Crippen MR) is 89.5 cm³/mol. The van der Waals surface area contributed by atoms with Crippen LogP contribution in [0.2, 0.25) is 0 Å². The van der Waals surface area contributed by atoms with Gasteiger partial charge in [0.1, 0.15) is 0 Å². The molecule has 1 aromatic rings. The average molecular weight is 286 g/mol. The lowest BCUT2D eigenvalue weighted by atomic mass is 9.73. The van der Waals surface area contributed by atoms with Crippen molar-refractivity contribution in [2.45, 2.75) is 68.9 Å². The van der Waals surface area contributed by atoms with Crippen LogP contribution in [0.4, 0.5) is 0 Å². The SMILES string of the molecule is CN(C1CCCC1)C1(CN)CCC(c2ccccc2)CC1. The van der Waals surface area contributed by atoms with Crippen molar-refractivity contribution in [3.63, 3.8) is 0 Å². The molecule has 2 nitrogen and oxygen atoms in total. The van der Waals surface area contributed by atoms with Crippen molar-refractivity contribution in [2.24, 2.45) is 5.73 Å². The topological polar surface area (TPSA) is 29.3 Å². The zero-order valence-electron chi connectivity index (χ0n) is 13.4. The van der Waals surface area contributed by atoms with Gasteiger partial charge >= 0.3 is 0 Å². The molecule has 116 valence electrons. The number of nitrogens with two attached hydrogens (primary N) is 1. The Morgan fingerprint density at radius 2 is 1.67 bits per heavy atom. The monoisotopic (exact) mass is 286 g/mol. The Balaban J connectivity index is 1.66. The predicted octanol–water partition coefficient (Wildman–Crippen LogP) is 3.92. The van der Waals surface area contributed by atoms with E-state index >= 15 is 0 Å². The van der Waals surface area contributed by atoms with Crippen molar-refractivity contribution in [1.29, 1.82) is 0 Å². The molecule has 0 bridgehead atoms. The third-order valence-corrected chi connectivity index (χ3v) is 6.19. The highest BCUT2D eigenvalue weighted by Crippen LogP contribution is 2.42. The summed E-state index contributed by atoms with van der Waals surface area (Å²) < 4.78 is 0. The molecule has 0 amide bonds. The van der Waals surface area contributed by atoms with Gasteiger partial charge in [0.25, 0.3) is 0 Å². The van der Waals surface area contributed by atoms with E-state index in [1.54, 1.807) is 0 Å². The number of nitrogens with zero attached hydrogens (tertiary/aromatic N) is 1. The number of hydrogen-bond acceptors (Lipinski definition) is 2. The Kier molecular flexibility index (Phi) is 4.66. The molecule has 0 spiro atoms. The minimum atomic E-state index is 0.264. The maximum Gasteiger partial charge on any atom is 0.0332 e. The van der Waals surface area contributed by atoms with Gasteiger partial charge in [-0.25, -0.2) is 0 Å². The van der Waals surface area contributed by atoms with Gasteiger partial charge in [0, 0.05) is 18.1 Å². The summed E-state index contributed by atoms with van der Waals surface area (Å²) in [6.45, 7) is 0.821. The maximum atomic E-state index is 6.25. The first-order valence-corrected chi connectivity index (χ1v) is 8.73. The zero-order valence-corrected chi connectivity index (χ0v) is 13.4. The van der Waals surface area contributed by atoms with E-state index in [-0.39, 0.29) is 5.54 Å². The second-order valence-corrected chi connectivity index (χ2v) is 7.16. The molecule has 2 N–H and O–H groups in total. The Bertz CT molecular complexity index is 428. The van der Waals surface area contributed by atoms with E-state index in [2.05, 4.69) is 42.3 Å². The van der Waals surface area contributed by atoms with Crippen molar-refractivity contribution >= 4 is 0 Å². The summed E-state index contributed by atoms with van der Waals surface area (Å²) >= 11 is 0. The third kappa shape index (κ3) is 3.02. The Morgan fingerprint density at radius 3 is 2.24 bits per heavy atom. The quantitative estimate of drug-likeness (QED) is 0.909. The molecule has 0 radical (unpaired) electrons. The lowest BCUT2D eigenvalue weighted by Crippen LogP contribution is -2.56. The van der Waals surface area contributed by atoms with E-state index in [1.165, 1.54) is 56.9 Å². The molecule has 2 aliphatic carbocycles. The third-order valence-electron chi connectivity index (χ3n) is 6.19. The van der Waals surface area contributed by atoms with Crippen molar-refractivity contribution in [1.82, 2.24) is 4.90 Å². The molecule has 0 aromatic heterocycles. The molecule has 0 heterocycles. The van der Waals surface area contributed by atoms with Gasteiger partial charge in [0.15, 0.2) is 0 Å². The first kappa shape index (κ1) is 15.1. The van der Waals surface area contributed by atoms with Crippen molar-refractivity contribution in [3.05, 3.63) is 35.9 Å². The van der Waals surface area contributed by atoms with Crippen molar-refractivity contribution < 1.29 is 0 Å². The summed E-state index contributed by atoms with van der Waals surface area (Å²) in [5, 5.41) is 0. The van der Waals surface area contributed by atoms with Crippen LogP contribution in [-0.4, -0.2) is 30.1 Å². The summed E-state index contributed by atoms with van der Waals surface area (Å²) in [6, 6.07) is 11.8. The van der Waals surface area contributed by atoms with E-state index < -0.39 is 0 Å². The van der Waals surface area contributed by atoms with Gasteiger partial charge in [0.2, 0.25) is 0 Å². The summed E-state index contributed by atoms with van der Waals surface area (Å²) in [5.74, 6) is 0.739. The second-order valence-electron chi connectivity index (χ2n) is 7.16. The van der Waals surface area contributed by atoms with Gasteiger partial charge in [-0.05, 0) is 57.1 Å². The van der Waals surface area contributed by atoms with Gasteiger partial charge in [-0.3, -0.25) is 4.90 Å². The van der Waals surface area contributed by atoms with Crippen LogP contribution in [-0.2, 0) is 0 Å². The van der Waals surface area contributed by atoms with Crippen LogP contribution in [0.15, 0.2) is 30.3 Å². The summed E-state index contributed by atoms with van der Waals surface area (Å²) in [5.41, 5.74) is 8.03. The fourth-order valence-corrected chi connectivity index (χ4v) is 4.59. The van der Waals surface area contributed by atoms with Gasteiger partial charge in [-0.15, -0.1) is 0 Å². The van der Waals surface area contributed by atoms with Crippen LogP contribution < -0.4 is 5.73 Å². The molecular weight excluding hydrogens is 256 g/mol. The van der Waals surface area contributed by atoms with Gasteiger partial charge in [0.05, 0.1) is 0 Å². The number of likely N-dealkylation sites (N-methyl/N-ethyl adjacent to an activating group) is 1. The van der Waals surface area contributed by atoms with E-state index in [9.17, 15) is 0 Å². The Morgan fingerprint density at radius 1 is 1.05 bits per heavy atom. The summed E-state index contributed by atoms with van der Waals surface area (Å²) in [4.78, 5) is 2.67. The van der Waals surface area contributed by atoms with Crippen LogP contribution in [0.25, 0.3) is 0 Å². The number of hydrogen-bond donors (Lipinski definition) is 1. The first-order chi connectivity index (χ1) is 10.2. The van der Waals surface area contributed by atoms with Gasteiger partial charge < -0.3 is 5.73 Å². The maximum absolute atomic E-state index is 6.25. The molecule has 2 heteroatoms. The minimum absolute atomic E-state index is 0.264. The average Bonchev–Trinajstić information content (AvgIpc) is 3.09. The Labute approximate surface area is 129 Å². The van der Waals surface area contributed by atoms with Crippen LogP contribution in [0.3, 0.4) is 0 Å². The lowest BCUT2D eigenvalue weighted by Gasteiger charge is -2.48. The fourth-order valence-electron chi connectivity index (χ4n) is 4.59. The van der Waals surface area contributed by atoms with Crippen LogP contribution in [0.5, 0.6) is 0 Å². The van der Waals surface area contributed by atoms with E-state index in [1.807, 2.05) is 0 Å². The molecule has 1 aromatic carbocycles. The molecule has 0 atom stereocenters. The van der Waals surface area contributed by atoms with Crippen molar-refractivity contribution in [3.8, 4) is 0 Å². The second kappa shape index (κ2) is 6.50. The highest BCUT2D eigenvalue weighted by Gasteiger charge is 2.40. The highest BCUT2D eigenvalue weighted by molar-refractivity contribution is 5.20. The Hall–Kier alpha value is -0.860. The molecule has 3 rings (SSSR count). The molecule has 0 aliphatic heterocycles. The molecule has 0 saturated heterocycles. The standard InChI is InChI=1S/C19H30N2/c1-21(18-9-5-6-10-18)19(15-20)13-11-17(12-14-19)16-7-3-2-4-8-16/h2-4,7-8,17-18H,5-6,9-15,20H2,1H3. The van der Waals surface area contributed by atoms with E-state index in [4.69, 9.17) is 5.73 Å². The van der Waals surface area contributed by atoms with E-state index in [0.717, 1.165) is 18.5 Å². The molecule has 0 unspecified atom stereocenters. The minimum Gasteiger partial charge on any atom is -0.329 e. The highest BCUT2D eigenvalue weighted by atomic mass is 15.2. The largest absolute Gasteiger partial charge is 0.329 e. The lowest BCUT2D eigenvalue weighted by molar-refractivity contribution is 0.0405. The molecule has 2 saturated carbocycles. The summed E-state index contributed by atoms with van der Waals surface area (Å²) in [6.07, 6.45) is 10.7. The molecule has 2 fully saturated rings.